The van der Waals surface area contributed by atoms with Crippen LogP contribution in [0.2, 0.25) is 0 Å². The Morgan fingerprint density at radius 2 is 1.89 bits per heavy atom. The number of nitro groups is 1. The quantitative estimate of drug-likeness (QED) is 0.0984. The van der Waals surface area contributed by atoms with Gasteiger partial charge in [-0.1, -0.05) is 17.2 Å². The molecule has 0 spiro atoms. The Morgan fingerprint density at radius 3 is 2.32 bits per heavy atom. The van der Waals surface area contributed by atoms with Crippen molar-refractivity contribution >= 4 is 18.3 Å². The molecule has 1 heterocycles. The zero-order chi connectivity index (χ0) is 28.1. The molecule has 0 radical (unpaired) electrons. The Balaban J connectivity index is 0.000000701. The van der Waals surface area contributed by atoms with Gasteiger partial charge in [0.2, 0.25) is 5.96 Å². The van der Waals surface area contributed by atoms with Crippen molar-refractivity contribution in [2.75, 3.05) is 33.3 Å². The number of nitrogens with zero attached hydrogens (tertiary/aromatic N) is 4. The van der Waals surface area contributed by atoms with Gasteiger partial charge in [-0.3, -0.25) is 19.9 Å². The van der Waals surface area contributed by atoms with E-state index in [4.69, 9.17) is 10.5 Å². The lowest BCUT2D eigenvalue weighted by atomic mass is 9.94. The number of nitrogens with two attached hydrogens (primary N) is 1. The number of hydrogen-bond donors (Lipinski definition) is 3. The van der Waals surface area contributed by atoms with Crippen LogP contribution in [0.5, 0.6) is 0 Å². The number of carbonyl (C=O) groups excluding carboxylic acids is 1. The molecule has 0 aromatic heterocycles. The summed E-state index contributed by atoms with van der Waals surface area (Å²) in [5.74, 6) is -0.360. The summed E-state index contributed by atoms with van der Waals surface area (Å²) in [6, 6.07) is 0.150. The molecule has 11 nitrogen and oxygen atoms in total. The lowest BCUT2D eigenvalue weighted by molar-refractivity contribution is -0.403. The fourth-order valence-corrected chi connectivity index (χ4v) is 3.00. The summed E-state index contributed by atoms with van der Waals surface area (Å²) in [6.07, 6.45) is 12.2. The first-order valence-electron chi connectivity index (χ1n) is 12.9. The minimum Gasteiger partial charge on any atom is -0.465 e. The van der Waals surface area contributed by atoms with Crippen LogP contribution < -0.4 is 16.4 Å². The molecule has 1 aliphatic heterocycles. The largest absolute Gasteiger partial charge is 0.465 e. The molecule has 0 aromatic carbocycles. The summed E-state index contributed by atoms with van der Waals surface area (Å²) in [5, 5.41) is 15.7. The van der Waals surface area contributed by atoms with E-state index in [-0.39, 0.29) is 24.4 Å². The van der Waals surface area contributed by atoms with Crippen molar-refractivity contribution in [3.05, 3.63) is 45.9 Å². The van der Waals surface area contributed by atoms with Gasteiger partial charge in [0, 0.05) is 0 Å². The normalized spacial score (nSPS) is 15.9. The third-order valence-electron chi connectivity index (χ3n) is 5.17. The first-order valence-corrected chi connectivity index (χ1v) is 12.9. The van der Waals surface area contributed by atoms with Crippen LogP contribution in [0.4, 0.5) is 0 Å². The molecule has 0 unspecified atom stereocenters. The first-order chi connectivity index (χ1) is 17.5. The van der Waals surface area contributed by atoms with Crippen LogP contribution in [0.15, 0.2) is 45.8 Å². The van der Waals surface area contributed by atoms with E-state index >= 15 is 0 Å². The molecule has 1 saturated heterocycles. The number of rotatable bonds is 10. The number of allylic oxidation sites excluding steroid dienone is 3. The zero-order valence-electron chi connectivity index (χ0n) is 23.3. The van der Waals surface area contributed by atoms with Crippen molar-refractivity contribution in [3.8, 4) is 0 Å². The van der Waals surface area contributed by atoms with Gasteiger partial charge in [0.1, 0.15) is 6.54 Å². The number of esters is 1. The van der Waals surface area contributed by atoms with E-state index in [9.17, 15) is 14.9 Å². The van der Waals surface area contributed by atoms with Gasteiger partial charge in [0.25, 0.3) is 6.20 Å². The Labute approximate surface area is 222 Å². The number of carbonyl (C=O) groups is 1. The maximum atomic E-state index is 11.1. The predicted octanol–water partition coefficient (Wildman–Crippen LogP) is 3.72. The summed E-state index contributed by atoms with van der Waals surface area (Å²) >= 11 is 0. The number of aliphatic imine (C=N–C) groups is 2. The maximum Gasteiger partial charge on any atom is 0.327 e. The van der Waals surface area contributed by atoms with Crippen molar-refractivity contribution in [2.45, 2.75) is 78.7 Å². The summed E-state index contributed by atoms with van der Waals surface area (Å²) in [6.45, 7) is 14.6. The molecule has 37 heavy (non-hydrogen) atoms. The van der Waals surface area contributed by atoms with E-state index in [0.29, 0.717) is 12.8 Å². The standard InChI is InChI=1S/C12H20N6O4.C9H16.C5H11N/c1-2-22-11(19)6-14-8-15-12(16-9-4-3-5-9)17-10(13)7-18(20)21;1-8(2)6-5-7-9(3)4;1-6-4-2-3-5-6/h7-9H,2-6,13H2,1H3,(H2,14,15,16,17);7H,1,5-6H2,2-4H3;2-5H2,1H3/b10-7-;;. The van der Waals surface area contributed by atoms with Gasteiger partial charge < -0.3 is 26.0 Å². The first kappa shape index (κ1) is 33.8. The summed E-state index contributed by atoms with van der Waals surface area (Å²) in [5.41, 5.74) is 8.14. The van der Waals surface area contributed by atoms with Crippen LogP contribution in [-0.4, -0.2) is 67.4 Å². The lowest BCUT2D eigenvalue weighted by Gasteiger charge is -2.22. The lowest BCUT2D eigenvalue weighted by Crippen LogP contribution is -2.40. The fourth-order valence-electron chi connectivity index (χ4n) is 3.00. The van der Waals surface area contributed by atoms with Gasteiger partial charge in [0.05, 0.1) is 23.9 Å². The van der Waals surface area contributed by atoms with Crippen LogP contribution in [-0.2, 0) is 9.53 Å². The second-order valence-corrected chi connectivity index (χ2v) is 9.26. The Morgan fingerprint density at radius 1 is 1.24 bits per heavy atom. The highest BCUT2D eigenvalue weighted by molar-refractivity contribution is 5.91. The third kappa shape index (κ3) is 21.8. The van der Waals surface area contributed by atoms with Gasteiger partial charge in [-0.05, 0) is 92.8 Å². The van der Waals surface area contributed by atoms with E-state index in [2.05, 4.69) is 66.0 Å². The van der Waals surface area contributed by atoms with Gasteiger partial charge in [-0.15, -0.1) is 6.58 Å². The van der Waals surface area contributed by atoms with Crippen molar-refractivity contribution < 1.29 is 14.5 Å². The molecule has 2 aliphatic rings. The van der Waals surface area contributed by atoms with Crippen molar-refractivity contribution in [1.29, 1.82) is 0 Å². The molecule has 0 bridgehead atoms. The number of hydrogen-bond acceptors (Lipinski definition) is 8. The fraction of sp³-hybridized carbons (Fsp3) is 0.654. The molecule has 0 atom stereocenters. The van der Waals surface area contributed by atoms with E-state index in [1.165, 1.54) is 43.4 Å². The van der Waals surface area contributed by atoms with Crippen LogP contribution in [0.3, 0.4) is 0 Å². The van der Waals surface area contributed by atoms with E-state index in [0.717, 1.165) is 32.1 Å². The van der Waals surface area contributed by atoms with Crippen molar-refractivity contribution in [3.63, 3.8) is 0 Å². The van der Waals surface area contributed by atoms with E-state index in [1.807, 2.05) is 0 Å². The van der Waals surface area contributed by atoms with Crippen LogP contribution in [0.25, 0.3) is 0 Å². The van der Waals surface area contributed by atoms with Crippen molar-refractivity contribution in [2.24, 2.45) is 15.7 Å². The SMILES string of the molecule is C=C(C)CCC=C(C)C.CCOC(=O)CN=CNC(=NC1CCC1)N/C(N)=C\[N+](=O)[O-].CN1CCCC1. The monoisotopic (exact) mass is 521 g/mol. The van der Waals surface area contributed by atoms with Crippen LogP contribution >= 0.6 is 0 Å². The molecule has 0 amide bonds. The smallest absolute Gasteiger partial charge is 0.327 e. The molecule has 2 fully saturated rings. The second-order valence-electron chi connectivity index (χ2n) is 9.26. The molecule has 1 aliphatic carbocycles. The molecule has 4 N–H and O–H groups in total. The average molecular weight is 522 g/mol. The number of likely N-dealkylation sites (tertiary alicyclic amines) is 1. The van der Waals surface area contributed by atoms with Crippen molar-refractivity contribution in [1.82, 2.24) is 15.5 Å². The predicted molar refractivity (Wildman–Crippen MR) is 151 cm³/mol. The Hall–Kier alpha value is -3.21. The molecule has 0 aromatic rings. The molecular formula is C26H47N7O4. The molecular weight excluding hydrogens is 474 g/mol. The molecule has 210 valence electrons. The summed E-state index contributed by atoms with van der Waals surface area (Å²) < 4.78 is 4.72. The zero-order valence-corrected chi connectivity index (χ0v) is 23.3. The van der Waals surface area contributed by atoms with Gasteiger partial charge in [0.15, 0.2) is 5.82 Å². The highest BCUT2D eigenvalue weighted by Gasteiger charge is 2.17. The van der Waals surface area contributed by atoms with Gasteiger partial charge in [-0.2, -0.15) is 0 Å². The molecule has 1 saturated carbocycles. The Kier molecular flexibility index (Phi) is 19.1. The highest BCUT2D eigenvalue weighted by atomic mass is 16.6. The molecule has 11 heteroatoms. The average Bonchev–Trinajstić information content (AvgIpc) is 3.24. The Bertz CT molecular complexity index is 808. The minimum absolute atomic E-state index is 0.127. The third-order valence-corrected chi connectivity index (χ3v) is 5.17. The summed E-state index contributed by atoms with van der Waals surface area (Å²) in [7, 11) is 2.17. The van der Waals surface area contributed by atoms with Gasteiger partial charge in [-0.25, -0.2) is 4.99 Å². The minimum atomic E-state index is -0.669. The number of guanidine groups is 1. The van der Waals surface area contributed by atoms with Crippen LogP contribution in [0.1, 0.15) is 72.6 Å². The topological polar surface area (TPSA) is 147 Å². The van der Waals surface area contributed by atoms with E-state index in [1.54, 1.807) is 6.92 Å². The van der Waals surface area contributed by atoms with E-state index < -0.39 is 10.9 Å². The highest BCUT2D eigenvalue weighted by Crippen LogP contribution is 2.21. The maximum absolute atomic E-state index is 11.1. The van der Waals surface area contributed by atoms with Gasteiger partial charge >= 0.3 is 5.97 Å². The van der Waals surface area contributed by atoms with Crippen LogP contribution in [0, 0.1) is 10.1 Å². The molecule has 2 rings (SSSR count). The number of ether oxygens (including phenoxy) is 1. The number of nitrogens with one attached hydrogen (secondary N) is 2. The summed E-state index contributed by atoms with van der Waals surface area (Å²) in [4.78, 5) is 31.3. The second kappa shape index (κ2) is 20.9.